The number of aryl methyl sites for hydroxylation is 2. The summed E-state index contributed by atoms with van der Waals surface area (Å²) in [5, 5.41) is 11.2. The highest BCUT2D eigenvalue weighted by molar-refractivity contribution is 6.09. The summed E-state index contributed by atoms with van der Waals surface area (Å²) in [4.78, 5) is 26.6. The summed E-state index contributed by atoms with van der Waals surface area (Å²) < 4.78 is 5.46. The first kappa shape index (κ1) is 19.1. The SMILES string of the molecule is CCOc1ccc(CN2C(=O)C(O)(CC(C)=O)c3c(C)ccc(C)c32)cc1. The van der Waals surface area contributed by atoms with E-state index in [4.69, 9.17) is 4.74 Å². The summed E-state index contributed by atoms with van der Waals surface area (Å²) in [6.07, 6.45) is -0.219. The molecule has 0 fully saturated rings. The van der Waals surface area contributed by atoms with E-state index in [9.17, 15) is 14.7 Å². The Labute approximate surface area is 159 Å². The fourth-order valence-electron chi connectivity index (χ4n) is 3.81. The molecule has 1 heterocycles. The number of nitrogens with zero attached hydrogens (tertiary/aromatic N) is 1. The van der Waals surface area contributed by atoms with Gasteiger partial charge in [-0.2, -0.15) is 0 Å². The van der Waals surface area contributed by atoms with Gasteiger partial charge in [0.15, 0.2) is 5.60 Å². The van der Waals surface area contributed by atoms with Crippen molar-refractivity contribution in [3.05, 3.63) is 58.7 Å². The van der Waals surface area contributed by atoms with E-state index in [1.165, 1.54) is 6.92 Å². The monoisotopic (exact) mass is 367 g/mol. The van der Waals surface area contributed by atoms with Gasteiger partial charge in [0.25, 0.3) is 5.91 Å². The minimum Gasteiger partial charge on any atom is -0.494 e. The number of amides is 1. The van der Waals surface area contributed by atoms with Crippen LogP contribution in [0.4, 0.5) is 5.69 Å². The number of benzene rings is 2. The van der Waals surface area contributed by atoms with Crippen molar-refractivity contribution in [2.75, 3.05) is 11.5 Å². The first-order chi connectivity index (χ1) is 12.8. The third kappa shape index (κ3) is 3.35. The van der Waals surface area contributed by atoms with Crippen LogP contribution in [0.3, 0.4) is 0 Å². The summed E-state index contributed by atoms with van der Waals surface area (Å²) in [6, 6.07) is 11.4. The highest BCUT2D eigenvalue weighted by atomic mass is 16.5. The lowest BCUT2D eigenvalue weighted by atomic mass is 9.86. The number of fused-ring (bicyclic) bond motifs is 1. The summed E-state index contributed by atoms with van der Waals surface area (Å²) in [6.45, 7) is 8.00. The van der Waals surface area contributed by atoms with Gasteiger partial charge in [0.05, 0.1) is 18.8 Å². The Morgan fingerprint density at radius 1 is 1.11 bits per heavy atom. The average molecular weight is 367 g/mol. The van der Waals surface area contributed by atoms with E-state index in [-0.39, 0.29) is 12.2 Å². The number of ketones is 1. The predicted molar refractivity (Wildman–Crippen MR) is 104 cm³/mol. The minimum atomic E-state index is -1.80. The normalized spacial score (nSPS) is 18.6. The second kappa shape index (κ2) is 7.16. The molecule has 0 saturated heterocycles. The topological polar surface area (TPSA) is 66.8 Å². The Hall–Kier alpha value is -2.66. The molecule has 5 nitrogen and oxygen atoms in total. The van der Waals surface area contributed by atoms with E-state index in [1.54, 1.807) is 4.90 Å². The number of carbonyl (C=O) groups is 2. The maximum Gasteiger partial charge on any atom is 0.264 e. The van der Waals surface area contributed by atoms with Crippen molar-refractivity contribution < 1.29 is 19.4 Å². The molecule has 142 valence electrons. The Kier molecular flexibility index (Phi) is 5.07. The molecule has 0 spiro atoms. The van der Waals surface area contributed by atoms with E-state index >= 15 is 0 Å². The molecular weight excluding hydrogens is 342 g/mol. The van der Waals surface area contributed by atoms with Crippen molar-refractivity contribution in [3.63, 3.8) is 0 Å². The van der Waals surface area contributed by atoms with Crippen molar-refractivity contribution in [1.82, 2.24) is 0 Å². The Morgan fingerprint density at radius 3 is 2.33 bits per heavy atom. The van der Waals surface area contributed by atoms with Crippen LogP contribution in [-0.2, 0) is 21.7 Å². The van der Waals surface area contributed by atoms with Crippen LogP contribution in [0.1, 0.15) is 42.5 Å². The van der Waals surface area contributed by atoms with Crippen molar-refractivity contribution in [1.29, 1.82) is 0 Å². The van der Waals surface area contributed by atoms with Crippen molar-refractivity contribution in [3.8, 4) is 5.75 Å². The number of aliphatic hydroxyl groups is 1. The summed E-state index contributed by atoms with van der Waals surface area (Å²) in [5.41, 5.74) is 2.08. The number of carbonyl (C=O) groups excluding carboxylic acids is 2. The molecule has 2 aromatic rings. The molecule has 0 aliphatic carbocycles. The van der Waals surface area contributed by atoms with E-state index in [1.807, 2.05) is 57.2 Å². The van der Waals surface area contributed by atoms with Crippen LogP contribution in [0, 0.1) is 13.8 Å². The van der Waals surface area contributed by atoms with Crippen LogP contribution in [0.2, 0.25) is 0 Å². The number of hydrogen-bond donors (Lipinski definition) is 1. The maximum atomic E-state index is 13.2. The Bertz CT molecular complexity index is 888. The van der Waals surface area contributed by atoms with Crippen LogP contribution in [0.5, 0.6) is 5.75 Å². The van der Waals surface area contributed by atoms with E-state index in [0.717, 1.165) is 22.4 Å². The van der Waals surface area contributed by atoms with Gasteiger partial charge in [0.1, 0.15) is 11.5 Å². The Balaban J connectivity index is 2.03. The summed E-state index contributed by atoms with van der Waals surface area (Å²) in [5.74, 6) is 0.106. The zero-order chi connectivity index (χ0) is 19.8. The molecule has 3 rings (SSSR count). The van der Waals surface area contributed by atoms with Gasteiger partial charge in [0.2, 0.25) is 0 Å². The van der Waals surface area contributed by atoms with Gasteiger partial charge in [-0.15, -0.1) is 0 Å². The lowest BCUT2D eigenvalue weighted by Crippen LogP contribution is -2.41. The van der Waals surface area contributed by atoms with Gasteiger partial charge in [-0.25, -0.2) is 0 Å². The fourth-order valence-corrected chi connectivity index (χ4v) is 3.81. The first-order valence-electron chi connectivity index (χ1n) is 9.14. The third-order valence-electron chi connectivity index (χ3n) is 4.95. The second-order valence-corrected chi connectivity index (χ2v) is 7.13. The van der Waals surface area contributed by atoms with Gasteiger partial charge in [0, 0.05) is 12.0 Å². The lowest BCUT2D eigenvalue weighted by Gasteiger charge is -2.23. The molecule has 0 radical (unpaired) electrons. The minimum absolute atomic E-state index is 0.219. The summed E-state index contributed by atoms with van der Waals surface area (Å²) >= 11 is 0. The molecule has 5 heteroatoms. The van der Waals surface area contributed by atoms with Crippen molar-refractivity contribution in [2.45, 2.75) is 46.3 Å². The van der Waals surface area contributed by atoms with Gasteiger partial charge in [-0.3, -0.25) is 9.59 Å². The predicted octanol–water partition coefficient (Wildman–Crippen LogP) is 3.42. The highest BCUT2D eigenvalue weighted by Gasteiger charge is 2.51. The van der Waals surface area contributed by atoms with Crippen LogP contribution in [-0.4, -0.2) is 23.4 Å². The third-order valence-corrected chi connectivity index (χ3v) is 4.95. The Morgan fingerprint density at radius 2 is 1.74 bits per heavy atom. The molecule has 1 aliphatic heterocycles. The van der Waals surface area contributed by atoms with Crippen LogP contribution in [0.15, 0.2) is 36.4 Å². The zero-order valence-electron chi connectivity index (χ0n) is 16.2. The first-order valence-corrected chi connectivity index (χ1v) is 9.14. The number of hydrogen-bond acceptors (Lipinski definition) is 4. The van der Waals surface area contributed by atoms with Gasteiger partial charge in [-0.1, -0.05) is 24.3 Å². The fraction of sp³-hybridized carbons (Fsp3) is 0.364. The zero-order valence-corrected chi connectivity index (χ0v) is 16.2. The number of rotatable bonds is 6. The molecule has 1 aliphatic rings. The van der Waals surface area contributed by atoms with E-state index < -0.39 is 11.5 Å². The lowest BCUT2D eigenvalue weighted by molar-refractivity contribution is -0.141. The molecule has 1 atom stereocenters. The van der Waals surface area contributed by atoms with Gasteiger partial charge < -0.3 is 14.7 Å². The largest absolute Gasteiger partial charge is 0.494 e. The van der Waals surface area contributed by atoms with E-state index in [2.05, 4.69) is 0 Å². The standard InChI is InChI=1S/C22H25NO4/c1-5-27-18-10-8-17(9-11-18)13-23-20-15(3)7-6-14(2)19(20)22(26,21(23)25)12-16(4)24/h6-11,26H,5,12-13H2,1-4H3. The van der Waals surface area contributed by atoms with Crippen molar-refractivity contribution in [2.24, 2.45) is 0 Å². The van der Waals surface area contributed by atoms with Gasteiger partial charge in [-0.05, 0) is 56.5 Å². The van der Waals surface area contributed by atoms with E-state index in [0.29, 0.717) is 24.4 Å². The number of ether oxygens (including phenoxy) is 1. The smallest absolute Gasteiger partial charge is 0.264 e. The maximum absolute atomic E-state index is 13.2. The molecule has 0 bridgehead atoms. The van der Waals surface area contributed by atoms with Crippen LogP contribution >= 0.6 is 0 Å². The molecule has 27 heavy (non-hydrogen) atoms. The van der Waals surface area contributed by atoms with Crippen LogP contribution in [0.25, 0.3) is 0 Å². The number of Topliss-reactive ketones (excluding diaryl/α,β-unsaturated/α-hetero) is 1. The molecule has 0 saturated carbocycles. The molecular formula is C22H25NO4. The average Bonchev–Trinajstić information content (AvgIpc) is 2.82. The second-order valence-electron chi connectivity index (χ2n) is 7.13. The quantitative estimate of drug-likeness (QED) is 0.850. The van der Waals surface area contributed by atoms with Gasteiger partial charge >= 0.3 is 0 Å². The molecule has 1 amide bonds. The van der Waals surface area contributed by atoms with Crippen LogP contribution < -0.4 is 9.64 Å². The molecule has 1 N–H and O–H groups in total. The molecule has 0 aromatic heterocycles. The number of anilines is 1. The summed E-state index contributed by atoms with van der Waals surface area (Å²) in [7, 11) is 0. The highest BCUT2D eigenvalue weighted by Crippen LogP contribution is 2.46. The van der Waals surface area contributed by atoms with Crippen molar-refractivity contribution >= 4 is 17.4 Å². The molecule has 1 unspecified atom stereocenters. The molecule has 2 aromatic carbocycles.